The summed E-state index contributed by atoms with van der Waals surface area (Å²) in [6.45, 7) is 7.53. The summed E-state index contributed by atoms with van der Waals surface area (Å²) < 4.78 is 30.6. The highest BCUT2D eigenvalue weighted by Gasteiger charge is 2.22. The average Bonchev–Trinajstić information content (AvgIpc) is 3.02. The van der Waals surface area contributed by atoms with Crippen LogP contribution in [-0.4, -0.2) is 36.3 Å². The number of thiazole rings is 1. The standard InChI is InChI=1S/C21H20BrN3O3S2/c1-4-12-25(13-5-2)30(27,28)17-9-6-15(7-10-17)20(26)23-21-24(3)18-11-8-16(22)14-19(18)29-21/h4-11,14H,1-2,12-13H2,3H3. The van der Waals surface area contributed by atoms with Crippen molar-refractivity contribution in [1.29, 1.82) is 0 Å². The summed E-state index contributed by atoms with van der Waals surface area (Å²) in [5.74, 6) is -0.436. The van der Waals surface area contributed by atoms with Crippen LogP contribution in [0.5, 0.6) is 0 Å². The van der Waals surface area contributed by atoms with Crippen LogP contribution in [0.25, 0.3) is 10.2 Å². The molecule has 0 saturated heterocycles. The third-order valence-corrected chi connectivity index (χ3v) is 7.81. The lowest BCUT2D eigenvalue weighted by molar-refractivity contribution is 0.0998. The van der Waals surface area contributed by atoms with Crippen molar-refractivity contribution in [3.63, 3.8) is 0 Å². The number of halogens is 1. The van der Waals surface area contributed by atoms with Crippen LogP contribution in [0, 0.1) is 0 Å². The summed E-state index contributed by atoms with van der Waals surface area (Å²) in [5.41, 5.74) is 1.28. The van der Waals surface area contributed by atoms with Crippen LogP contribution in [0.15, 0.2) is 82.1 Å². The van der Waals surface area contributed by atoms with Crippen molar-refractivity contribution in [3.05, 3.63) is 82.6 Å². The van der Waals surface area contributed by atoms with Crippen LogP contribution in [0.1, 0.15) is 10.4 Å². The van der Waals surface area contributed by atoms with Gasteiger partial charge in [-0.3, -0.25) is 4.79 Å². The van der Waals surface area contributed by atoms with Crippen LogP contribution in [0.3, 0.4) is 0 Å². The number of amides is 1. The molecule has 6 nitrogen and oxygen atoms in total. The number of fused-ring (bicyclic) bond motifs is 1. The summed E-state index contributed by atoms with van der Waals surface area (Å²) in [7, 11) is -1.86. The molecule has 1 aromatic heterocycles. The average molecular weight is 506 g/mol. The van der Waals surface area contributed by atoms with Crippen molar-refractivity contribution in [2.45, 2.75) is 4.90 Å². The summed E-state index contributed by atoms with van der Waals surface area (Å²) in [5, 5.41) is 0. The maximum absolute atomic E-state index is 12.8. The van der Waals surface area contributed by atoms with Gasteiger partial charge in [0.2, 0.25) is 10.0 Å². The minimum absolute atomic E-state index is 0.0972. The first-order valence-electron chi connectivity index (χ1n) is 8.94. The lowest BCUT2D eigenvalue weighted by Crippen LogP contribution is -2.31. The predicted octanol–water partition coefficient (Wildman–Crippen LogP) is 4.11. The van der Waals surface area contributed by atoms with Crippen LogP contribution in [0.4, 0.5) is 0 Å². The molecular formula is C21H20BrN3O3S2. The molecule has 3 aromatic rings. The van der Waals surface area contributed by atoms with Gasteiger partial charge in [0.1, 0.15) is 0 Å². The molecule has 0 aliphatic rings. The van der Waals surface area contributed by atoms with Gasteiger partial charge in [-0.2, -0.15) is 9.30 Å². The third-order valence-electron chi connectivity index (χ3n) is 4.37. The molecule has 1 amide bonds. The Bertz CT molecular complexity index is 1280. The van der Waals surface area contributed by atoms with Crippen molar-refractivity contribution < 1.29 is 13.2 Å². The van der Waals surface area contributed by atoms with E-state index in [4.69, 9.17) is 0 Å². The molecule has 0 spiro atoms. The maximum Gasteiger partial charge on any atom is 0.279 e. The summed E-state index contributed by atoms with van der Waals surface area (Å²) in [6.07, 6.45) is 3.03. The highest BCUT2D eigenvalue weighted by Crippen LogP contribution is 2.22. The first kappa shape index (κ1) is 22.4. The molecule has 0 aliphatic heterocycles. The van der Waals surface area contributed by atoms with Crippen LogP contribution in [0.2, 0.25) is 0 Å². The largest absolute Gasteiger partial charge is 0.319 e. The highest BCUT2D eigenvalue weighted by molar-refractivity contribution is 9.10. The number of hydrogen-bond acceptors (Lipinski definition) is 4. The van der Waals surface area contributed by atoms with Crippen LogP contribution < -0.4 is 4.80 Å². The number of rotatable bonds is 7. The third kappa shape index (κ3) is 4.54. The van der Waals surface area contributed by atoms with E-state index in [-0.39, 0.29) is 18.0 Å². The van der Waals surface area contributed by atoms with E-state index in [0.29, 0.717) is 10.4 Å². The Morgan fingerprint density at radius 3 is 2.40 bits per heavy atom. The fourth-order valence-electron chi connectivity index (χ4n) is 2.84. The second-order valence-electron chi connectivity index (χ2n) is 6.40. The molecule has 3 rings (SSSR count). The fourth-order valence-corrected chi connectivity index (χ4v) is 5.79. The summed E-state index contributed by atoms with van der Waals surface area (Å²) in [6, 6.07) is 11.6. The maximum atomic E-state index is 12.8. The molecule has 0 N–H and O–H groups in total. The molecule has 9 heteroatoms. The Morgan fingerprint density at radius 2 is 1.80 bits per heavy atom. The van der Waals surface area contributed by atoms with Crippen molar-refractivity contribution in [3.8, 4) is 0 Å². The molecule has 1 heterocycles. The number of carbonyl (C=O) groups excluding carboxylic acids is 1. The molecule has 0 aliphatic carbocycles. The molecule has 156 valence electrons. The topological polar surface area (TPSA) is 71.7 Å². The predicted molar refractivity (Wildman–Crippen MR) is 124 cm³/mol. The zero-order chi connectivity index (χ0) is 21.9. The molecule has 0 atom stereocenters. The van der Waals surface area contributed by atoms with Gasteiger partial charge in [0, 0.05) is 30.2 Å². The fraction of sp³-hybridized carbons (Fsp3) is 0.143. The Balaban J connectivity index is 1.92. The van der Waals surface area contributed by atoms with Gasteiger partial charge in [0.15, 0.2) is 4.80 Å². The van der Waals surface area contributed by atoms with Gasteiger partial charge < -0.3 is 4.57 Å². The Hall–Kier alpha value is -2.33. The molecule has 0 radical (unpaired) electrons. The number of hydrogen-bond donors (Lipinski definition) is 0. The van der Waals surface area contributed by atoms with Gasteiger partial charge in [-0.05, 0) is 42.5 Å². The van der Waals surface area contributed by atoms with E-state index in [1.807, 2.05) is 29.8 Å². The Morgan fingerprint density at radius 1 is 1.17 bits per heavy atom. The molecule has 2 aromatic carbocycles. The second-order valence-corrected chi connectivity index (χ2v) is 10.3. The molecule has 0 fully saturated rings. The zero-order valence-electron chi connectivity index (χ0n) is 16.3. The van der Waals surface area contributed by atoms with Gasteiger partial charge in [0.05, 0.1) is 15.1 Å². The number of sulfonamides is 1. The van der Waals surface area contributed by atoms with Crippen molar-refractivity contribution in [1.82, 2.24) is 8.87 Å². The molecule has 30 heavy (non-hydrogen) atoms. The Kier molecular flexibility index (Phi) is 6.87. The minimum atomic E-state index is -3.71. The first-order chi connectivity index (χ1) is 14.3. The number of aromatic nitrogens is 1. The van der Waals surface area contributed by atoms with Crippen molar-refractivity contribution >= 4 is 53.4 Å². The lowest BCUT2D eigenvalue weighted by atomic mass is 10.2. The second kappa shape index (κ2) is 9.22. The van der Waals surface area contributed by atoms with E-state index in [0.717, 1.165) is 14.7 Å². The first-order valence-corrected chi connectivity index (χ1v) is 12.0. The van der Waals surface area contributed by atoms with E-state index in [9.17, 15) is 13.2 Å². The van der Waals surface area contributed by atoms with Gasteiger partial charge in [-0.25, -0.2) is 8.42 Å². The zero-order valence-corrected chi connectivity index (χ0v) is 19.5. The van der Waals surface area contributed by atoms with Crippen LogP contribution >= 0.6 is 27.3 Å². The molecule has 0 bridgehead atoms. The van der Waals surface area contributed by atoms with Gasteiger partial charge in [-0.15, -0.1) is 13.2 Å². The number of carbonyl (C=O) groups is 1. The lowest BCUT2D eigenvalue weighted by Gasteiger charge is -2.19. The van der Waals surface area contributed by atoms with Gasteiger partial charge >= 0.3 is 0 Å². The quantitative estimate of drug-likeness (QED) is 0.453. The van der Waals surface area contributed by atoms with Crippen molar-refractivity contribution in [2.75, 3.05) is 13.1 Å². The van der Waals surface area contributed by atoms with E-state index in [2.05, 4.69) is 34.1 Å². The molecule has 0 saturated carbocycles. The number of nitrogens with zero attached hydrogens (tertiary/aromatic N) is 3. The number of benzene rings is 2. The van der Waals surface area contributed by atoms with Crippen molar-refractivity contribution in [2.24, 2.45) is 12.0 Å². The van der Waals surface area contributed by atoms with E-state index < -0.39 is 15.9 Å². The highest BCUT2D eigenvalue weighted by atomic mass is 79.9. The van der Waals surface area contributed by atoms with E-state index in [1.54, 1.807) is 0 Å². The number of aryl methyl sites for hydroxylation is 1. The summed E-state index contributed by atoms with van der Waals surface area (Å²) >= 11 is 4.85. The monoisotopic (exact) mass is 505 g/mol. The molecule has 0 unspecified atom stereocenters. The summed E-state index contributed by atoms with van der Waals surface area (Å²) in [4.78, 5) is 17.5. The smallest absolute Gasteiger partial charge is 0.279 e. The minimum Gasteiger partial charge on any atom is -0.319 e. The Labute approximate surface area is 187 Å². The van der Waals surface area contributed by atoms with E-state index in [1.165, 1.54) is 52.1 Å². The SMILES string of the molecule is C=CCN(CC=C)S(=O)(=O)c1ccc(C(=O)N=c2sc3cc(Br)ccc3n2C)cc1. The van der Waals surface area contributed by atoms with Gasteiger partial charge in [0.25, 0.3) is 5.91 Å². The molecular weight excluding hydrogens is 486 g/mol. The normalized spacial score (nSPS) is 12.4. The van der Waals surface area contributed by atoms with E-state index >= 15 is 0 Å². The van der Waals surface area contributed by atoms with Crippen LogP contribution in [-0.2, 0) is 17.1 Å². The van der Waals surface area contributed by atoms with Gasteiger partial charge in [-0.1, -0.05) is 39.4 Å².